The molecule has 0 saturated heterocycles. The van der Waals surface area contributed by atoms with Crippen LogP contribution in [-0.4, -0.2) is 13.4 Å². The molecule has 3 N–H and O–H groups in total. The van der Waals surface area contributed by atoms with Crippen LogP contribution in [0.2, 0.25) is 0 Å². The molecular weight excluding hydrogens is 306 g/mol. The van der Waals surface area contributed by atoms with E-state index in [4.69, 9.17) is 5.73 Å². The Kier molecular flexibility index (Phi) is 4.36. The van der Waals surface area contributed by atoms with Crippen LogP contribution in [0.1, 0.15) is 27.3 Å². The summed E-state index contributed by atoms with van der Waals surface area (Å²) in [5.74, 6) is 0. The molecule has 2 rings (SSSR count). The third kappa shape index (κ3) is 3.25. The molecule has 114 valence electrons. The number of nitrogens with one attached hydrogen (secondary N) is 1. The van der Waals surface area contributed by atoms with Crippen LogP contribution >= 0.6 is 11.3 Å². The molecule has 21 heavy (non-hydrogen) atoms. The van der Waals surface area contributed by atoms with E-state index in [2.05, 4.69) is 9.71 Å². The highest BCUT2D eigenvalue weighted by Gasteiger charge is 2.20. The zero-order chi connectivity index (χ0) is 15.8. The van der Waals surface area contributed by atoms with Crippen LogP contribution in [0.4, 0.5) is 5.13 Å². The molecule has 0 atom stereocenters. The van der Waals surface area contributed by atoms with Crippen LogP contribution in [0.5, 0.6) is 0 Å². The van der Waals surface area contributed by atoms with Gasteiger partial charge in [0.2, 0.25) is 0 Å². The zero-order valence-electron chi connectivity index (χ0n) is 12.5. The van der Waals surface area contributed by atoms with Crippen LogP contribution in [0.3, 0.4) is 0 Å². The second-order valence-electron chi connectivity index (χ2n) is 5.01. The molecule has 7 heteroatoms. The summed E-state index contributed by atoms with van der Waals surface area (Å²) in [5, 5.41) is 0.389. The number of hydrogen-bond donors (Lipinski definition) is 2. The molecule has 0 fully saturated rings. The molecule has 0 spiro atoms. The zero-order valence-corrected chi connectivity index (χ0v) is 14.2. The molecule has 1 heterocycles. The molecule has 0 aliphatic heterocycles. The number of benzene rings is 1. The fraction of sp³-hybridized carbons (Fsp3) is 0.357. The van der Waals surface area contributed by atoms with Crippen molar-refractivity contribution in [2.75, 3.05) is 4.72 Å². The van der Waals surface area contributed by atoms with E-state index < -0.39 is 10.0 Å². The minimum Gasteiger partial charge on any atom is -0.326 e. The van der Waals surface area contributed by atoms with Crippen molar-refractivity contribution in [2.45, 2.75) is 39.1 Å². The summed E-state index contributed by atoms with van der Waals surface area (Å²) in [6.07, 6.45) is 0. The number of nitrogens with zero attached hydrogens (tertiary/aromatic N) is 1. The normalized spacial score (nSPS) is 11.7. The van der Waals surface area contributed by atoms with Gasteiger partial charge in [0, 0.05) is 11.4 Å². The molecule has 0 saturated carbocycles. The Morgan fingerprint density at radius 2 is 1.90 bits per heavy atom. The number of aryl methyl sites for hydroxylation is 3. The van der Waals surface area contributed by atoms with Crippen molar-refractivity contribution >= 4 is 26.5 Å². The van der Waals surface area contributed by atoms with Gasteiger partial charge in [0.05, 0.1) is 10.6 Å². The lowest BCUT2D eigenvalue weighted by Gasteiger charge is -2.12. The van der Waals surface area contributed by atoms with Gasteiger partial charge in [-0.3, -0.25) is 4.72 Å². The summed E-state index contributed by atoms with van der Waals surface area (Å²) in [5.41, 5.74) is 8.90. The Balaban J connectivity index is 2.46. The van der Waals surface area contributed by atoms with E-state index in [-0.39, 0.29) is 4.90 Å². The first-order chi connectivity index (χ1) is 9.74. The van der Waals surface area contributed by atoms with E-state index in [0.29, 0.717) is 11.7 Å². The summed E-state index contributed by atoms with van der Waals surface area (Å²) >= 11 is 1.33. The van der Waals surface area contributed by atoms with Crippen LogP contribution in [0.15, 0.2) is 17.0 Å². The quantitative estimate of drug-likeness (QED) is 0.905. The second-order valence-corrected chi connectivity index (χ2v) is 7.86. The van der Waals surface area contributed by atoms with Crippen LogP contribution in [-0.2, 0) is 16.6 Å². The molecule has 0 amide bonds. The molecular formula is C14H19N3O2S2. The van der Waals surface area contributed by atoms with Crippen LogP contribution in [0, 0.1) is 27.7 Å². The minimum atomic E-state index is -3.66. The van der Waals surface area contributed by atoms with E-state index in [1.54, 1.807) is 13.0 Å². The highest BCUT2D eigenvalue weighted by molar-refractivity contribution is 7.93. The van der Waals surface area contributed by atoms with Crippen molar-refractivity contribution in [2.24, 2.45) is 5.73 Å². The van der Waals surface area contributed by atoms with Gasteiger partial charge in [0.1, 0.15) is 0 Å². The third-order valence-electron chi connectivity index (χ3n) is 3.45. The Hall–Kier alpha value is -1.44. The Labute approximate surface area is 129 Å². The number of thiazole rings is 1. The summed E-state index contributed by atoms with van der Waals surface area (Å²) in [6.45, 7) is 7.75. The minimum absolute atomic E-state index is 0.258. The average molecular weight is 325 g/mol. The van der Waals surface area contributed by atoms with Crippen molar-refractivity contribution in [3.05, 3.63) is 39.4 Å². The van der Waals surface area contributed by atoms with Gasteiger partial charge in [0.15, 0.2) is 5.13 Å². The third-order valence-corrected chi connectivity index (χ3v) is 6.04. The maximum Gasteiger partial charge on any atom is 0.263 e. The summed E-state index contributed by atoms with van der Waals surface area (Å²) in [6, 6.07) is 3.53. The van der Waals surface area contributed by atoms with Gasteiger partial charge in [-0.05, 0) is 50.5 Å². The molecule has 1 aromatic carbocycles. The first-order valence-electron chi connectivity index (χ1n) is 6.51. The molecule has 0 aliphatic rings. The number of rotatable bonds is 4. The predicted molar refractivity (Wildman–Crippen MR) is 86.2 cm³/mol. The molecule has 0 aliphatic carbocycles. The summed E-state index contributed by atoms with van der Waals surface area (Å²) in [7, 11) is -3.66. The molecule has 1 aromatic heterocycles. The standard InChI is InChI=1S/C14H19N3O2S2/c1-8-5-12(7-15)6-13(9(8)2)21(18,19)17-14-16-10(3)11(4)20-14/h5-6H,7,15H2,1-4H3,(H,16,17). The molecule has 5 nitrogen and oxygen atoms in total. The van der Waals surface area contributed by atoms with Crippen LogP contribution in [0.25, 0.3) is 0 Å². The lowest BCUT2D eigenvalue weighted by molar-refractivity contribution is 0.600. The van der Waals surface area contributed by atoms with E-state index in [9.17, 15) is 8.42 Å². The van der Waals surface area contributed by atoms with Gasteiger partial charge in [-0.25, -0.2) is 13.4 Å². The second kappa shape index (κ2) is 5.75. The fourth-order valence-electron chi connectivity index (χ4n) is 1.98. The van der Waals surface area contributed by atoms with Gasteiger partial charge in [-0.15, -0.1) is 11.3 Å². The van der Waals surface area contributed by atoms with Crippen molar-refractivity contribution in [3.63, 3.8) is 0 Å². The summed E-state index contributed by atoms with van der Waals surface area (Å²) < 4.78 is 27.7. The SMILES string of the molecule is Cc1cc(CN)cc(S(=O)(=O)Nc2nc(C)c(C)s2)c1C. The topological polar surface area (TPSA) is 85.1 Å². The maximum atomic E-state index is 12.6. The lowest BCUT2D eigenvalue weighted by atomic mass is 10.1. The lowest BCUT2D eigenvalue weighted by Crippen LogP contribution is -2.15. The van der Waals surface area contributed by atoms with Crippen molar-refractivity contribution in [3.8, 4) is 0 Å². The first kappa shape index (κ1) is 15.9. The van der Waals surface area contributed by atoms with E-state index in [0.717, 1.165) is 27.3 Å². The van der Waals surface area contributed by atoms with Crippen molar-refractivity contribution in [1.82, 2.24) is 4.98 Å². The predicted octanol–water partition coefficient (Wildman–Crippen LogP) is 2.64. The Morgan fingerprint density at radius 1 is 1.24 bits per heavy atom. The van der Waals surface area contributed by atoms with Gasteiger partial charge < -0.3 is 5.73 Å². The van der Waals surface area contributed by atoms with Gasteiger partial charge >= 0.3 is 0 Å². The van der Waals surface area contributed by atoms with Crippen LogP contribution < -0.4 is 10.5 Å². The number of hydrogen-bond acceptors (Lipinski definition) is 5. The fourth-order valence-corrected chi connectivity index (χ4v) is 4.40. The van der Waals surface area contributed by atoms with Gasteiger partial charge in [-0.2, -0.15) is 0 Å². The van der Waals surface area contributed by atoms with Crippen molar-refractivity contribution in [1.29, 1.82) is 0 Å². The number of aromatic nitrogens is 1. The van der Waals surface area contributed by atoms with E-state index >= 15 is 0 Å². The van der Waals surface area contributed by atoms with E-state index in [1.165, 1.54) is 11.3 Å². The average Bonchev–Trinajstić information content (AvgIpc) is 2.70. The van der Waals surface area contributed by atoms with E-state index in [1.807, 2.05) is 26.8 Å². The Bertz CT molecular complexity index is 760. The number of nitrogens with two attached hydrogens (primary N) is 1. The number of anilines is 1. The largest absolute Gasteiger partial charge is 0.326 e. The molecule has 0 bridgehead atoms. The summed E-state index contributed by atoms with van der Waals surface area (Å²) in [4.78, 5) is 5.47. The smallest absolute Gasteiger partial charge is 0.263 e. The Morgan fingerprint density at radius 3 is 2.43 bits per heavy atom. The van der Waals surface area contributed by atoms with Gasteiger partial charge in [-0.1, -0.05) is 6.07 Å². The highest BCUT2D eigenvalue weighted by Crippen LogP contribution is 2.27. The molecule has 2 aromatic rings. The number of sulfonamides is 1. The molecule has 0 radical (unpaired) electrons. The van der Waals surface area contributed by atoms with Gasteiger partial charge in [0.25, 0.3) is 10.0 Å². The maximum absolute atomic E-state index is 12.6. The highest BCUT2D eigenvalue weighted by atomic mass is 32.2. The monoisotopic (exact) mass is 325 g/mol. The van der Waals surface area contributed by atoms with Crippen molar-refractivity contribution < 1.29 is 8.42 Å². The first-order valence-corrected chi connectivity index (χ1v) is 8.81. The molecule has 0 unspecified atom stereocenters.